The number of nitrogens with two attached hydrogens (primary N) is 1. The van der Waals surface area contributed by atoms with Gasteiger partial charge in [-0.05, 0) is 37.0 Å². The van der Waals surface area contributed by atoms with Crippen LogP contribution in [0.1, 0.15) is 37.1 Å². The number of aromatic nitrogens is 2. The number of amides is 2. The van der Waals surface area contributed by atoms with Gasteiger partial charge in [0.15, 0.2) is 0 Å². The van der Waals surface area contributed by atoms with Crippen molar-refractivity contribution in [3.05, 3.63) is 41.8 Å². The van der Waals surface area contributed by atoms with Crippen molar-refractivity contribution >= 4 is 23.1 Å². The van der Waals surface area contributed by atoms with Crippen molar-refractivity contribution in [1.29, 1.82) is 0 Å². The summed E-state index contributed by atoms with van der Waals surface area (Å²) in [5.41, 5.74) is 8.28. The van der Waals surface area contributed by atoms with Crippen LogP contribution in [-0.2, 0) is 11.3 Å². The lowest BCUT2D eigenvalue weighted by atomic mass is 10.1. The van der Waals surface area contributed by atoms with Crippen LogP contribution in [0.15, 0.2) is 34.7 Å². The average Bonchev–Trinajstić information content (AvgIpc) is 3.34. The Morgan fingerprint density at radius 2 is 2.10 bits per heavy atom. The van der Waals surface area contributed by atoms with E-state index in [9.17, 15) is 4.79 Å². The normalized spacial score (nSPS) is 19.5. The number of hydrogen-bond donors (Lipinski definition) is 2. The fourth-order valence-corrected chi connectivity index (χ4v) is 4.78. The van der Waals surface area contributed by atoms with Gasteiger partial charge in [-0.15, -0.1) is 21.5 Å². The molecule has 8 nitrogen and oxygen atoms in total. The Kier molecular flexibility index (Phi) is 5.47. The van der Waals surface area contributed by atoms with Crippen LogP contribution in [0.2, 0.25) is 0 Å². The molecule has 2 aliphatic rings. The standard InChI is InChI=1S/C22H25N5O3S/c1-13-12-29-9-8-27(13)11-14-2-4-15(5-3-14)18-10-17(24-22(23)28)19(31-18)21-26-25-20(30-21)16-6-7-16/h2-5,10,13,16H,6-9,11-12H2,1H3,(H3,23,24,28)/t13-/m0/s1. The number of hydrogen-bond acceptors (Lipinski definition) is 7. The number of thiophene rings is 1. The fourth-order valence-electron chi connectivity index (χ4n) is 3.74. The first-order valence-electron chi connectivity index (χ1n) is 10.5. The quantitative estimate of drug-likeness (QED) is 0.600. The number of morpholine rings is 1. The van der Waals surface area contributed by atoms with Gasteiger partial charge in [0, 0.05) is 29.9 Å². The van der Waals surface area contributed by atoms with Gasteiger partial charge >= 0.3 is 6.03 Å². The summed E-state index contributed by atoms with van der Waals surface area (Å²) in [6, 6.07) is 10.2. The third kappa shape index (κ3) is 4.48. The Morgan fingerprint density at radius 3 is 2.81 bits per heavy atom. The highest BCUT2D eigenvalue weighted by Gasteiger charge is 2.30. The van der Waals surface area contributed by atoms with Crippen molar-refractivity contribution in [2.75, 3.05) is 25.1 Å². The van der Waals surface area contributed by atoms with Gasteiger partial charge in [-0.25, -0.2) is 4.79 Å². The van der Waals surface area contributed by atoms with E-state index in [-0.39, 0.29) is 0 Å². The molecule has 0 radical (unpaired) electrons. The number of carbonyl (C=O) groups is 1. The number of primary amides is 1. The number of urea groups is 1. The minimum atomic E-state index is -0.623. The fraction of sp³-hybridized carbons (Fsp3) is 0.409. The molecular weight excluding hydrogens is 414 g/mol. The molecule has 1 saturated heterocycles. The molecule has 1 aromatic carbocycles. The number of benzene rings is 1. The van der Waals surface area contributed by atoms with Crippen molar-refractivity contribution in [3.8, 4) is 21.2 Å². The molecule has 1 aliphatic carbocycles. The van der Waals surface area contributed by atoms with Gasteiger partial charge in [0.25, 0.3) is 5.89 Å². The van der Waals surface area contributed by atoms with E-state index in [2.05, 4.69) is 51.6 Å². The Morgan fingerprint density at radius 1 is 1.29 bits per heavy atom. The Balaban J connectivity index is 1.38. The monoisotopic (exact) mass is 439 g/mol. The van der Waals surface area contributed by atoms with Crippen LogP contribution in [0.25, 0.3) is 21.2 Å². The number of nitrogens with zero attached hydrogens (tertiary/aromatic N) is 3. The number of ether oxygens (including phenoxy) is 1. The summed E-state index contributed by atoms with van der Waals surface area (Å²) in [5, 5.41) is 11.0. The summed E-state index contributed by atoms with van der Waals surface area (Å²) in [6.07, 6.45) is 2.17. The first-order valence-corrected chi connectivity index (χ1v) is 11.3. The molecule has 3 aromatic rings. The Bertz CT molecular complexity index is 1070. The minimum absolute atomic E-state index is 0.370. The van der Waals surface area contributed by atoms with E-state index in [1.54, 1.807) is 0 Å². The predicted octanol–water partition coefficient (Wildman–Crippen LogP) is 4.05. The molecule has 162 valence electrons. The topological polar surface area (TPSA) is 107 Å². The second-order valence-corrected chi connectivity index (χ2v) is 9.21. The zero-order valence-electron chi connectivity index (χ0n) is 17.3. The maximum absolute atomic E-state index is 11.5. The molecule has 0 unspecified atom stereocenters. The maximum atomic E-state index is 11.5. The van der Waals surface area contributed by atoms with Gasteiger partial charge in [-0.2, -0.15) is 0 Å². The Labute approximate surface area is 184 Å². The number of anilines is 1. The smallest absolute Gasteiger partial charge is 0.316 e. The van der Waals surface area contributed by atoms with Gasteiger partial charge in [-0.1, -0.05) is 24.3 Å². The van der Waals surface area contributed by atoms with Crippen LogP contribution in [0.4, 0.5) is 10.5 Å². The molecule has 1 saturated carbocycles. The van der Waals surface area contributed by atoms with Crippen molar-refractivity contribution in [2.45, 2.75) is 38.3 Å². The lowest BCUT2D eigenvalue weighted by Crippen LogP contribution is -2.42. The van der Waals surface area contributed by atoms with Gasteiger partial charge < -0.3 is 20.2 Å². The van der Waals surface area contributed by atoms with Crippen molar-refractivity contribution in [1.82, 2.24) is 15.1 Å². The van der Waals surface area contributed by atoms with Crippen molar-refractivity contribution in [2.24, 2.45) is 5.73 Å². The summed E-state index contributed by atoms with van der Waals surface area (Å²) in [5.74, 6) is 1.45. The van der Waals surface area contributed by atoms with E-state index in [4.69, 9.17) is 14.9 Å². The summed E-state index contributed by atoms with van der Waals surface area (Å²) in [7, 11) is 0. The van der Waals surface area contributed by atoms with E-state index in [1.165, 1.54) is 16.9 Å². The minimum Gasteiger partial charge on any atom is -0.420 e. The molecule has 0 spiro atoms. The third-order valence-electron chi connectivity index (χ3n) is 5.68. The van der Waals surface area contributed by atoms with Crippen LogP contribution in [-0.4, -0.2) is 46.9 Å². The zero-order chi connectivity index (χ0) is 21.4. The third-order valence-corrected chi connectivity index (χ3v) is 6.85. The van der Waals surface area contributed by atoms with Crippen LogP contribution < -0.4 is 11.1 Å². The summed E-state index contributed by atoms with van der Waals surface area (Å²) < 4.78 is 11.4. The van der Waals surface area contributed by atoms with Crippen molar-refractivity contribution < 1.29 is 13.9 Å². The molecule has 2 amide bonds. The molecule has 31 heavy (non-hydrogen) atoms. The highest BCUT2D eigenvalue weighted by Crippen LogP contribution is 2.44. The van der Waals surface area contributed by atoms with Gasteiger partial charge in [0.05, 0.1) is 18.9 Å². The van der Waals surface area contributed by atoms with Crippen LogP contribution >= 0.6 is 11.3 Å². The Hall–Kier alpha value is -2.75. The van der Waals surface area contributed by atoms with Crippen LogP contribution in [0.3, 0.4) is 0 Å². The van der Waals surface area contributed by atoms with Crippen LogP contribution in [0, 0.1) is 0 Å². The molecule has 5 rings (SSSR count). The van der Waals surface area contributed by atoms with Gasteiger partial charge in [0.2, 0.25) is 5.89 Å². The van der Waals surface area contributed by atoms with Crippen molar-refractivity contribution in [3.63, 3.8) is 0 Å². The van der Waals surface area contributed by atoms with E-state index >= 15 is 0 Å². The van der Waals surface area contributed by atoms with E-state index in [0.717, 1.165) is 54.5 Å². The van der Waals surface area contributed by atoms with Gasteiger partial charge in [-0.3, -0.25) is 4.90 Å². The highest BCUT2D eigenvalue weighted by atomic mass is 32.1. The second kappa shape index (κ2) is 8.41. The largest absolute Gasteiger partial charge is 0.420 e. The molecule has 3 N–H and O–H groups in total. The highest BCUT2D eigenvalue weighted by molar-refractivity contribution is 7.19. The number of rotatable bonds is 6. The predicted molar refractivity (Wildman–Crippen MR) is 119 cm³/mol. The first-order chi connectivity index (χ1) is 15.1. The summed E-state index contributed by atoms with van der Waals surface area (Å²) in [6.45, 7) is 5.62. The molecular formula is C22H25N5O3S. The molecule has 3 heterocycles. The number of carbonyl (C=O) groups excluding carboxylic acids is 1. The van der Waals surface area contributed by atoms with E-state index in [0.29, 0.717) is 29.4 Å². The van der Waals surface area contributed by atoms with Crippen LogP contribution in [0.5, 0.6) is 0 Å². The lowest BCUT2D eigenvalue weighted by molar-refractivity contribution is -0.00436. The first kappa shape index (κ1) is 20.2. The molecule has 1 atom stereocenters. The molecule has 2 aromatic heterocycles. The van der Waals surface area contributed by atoms with E-state index in [1.807, 2.05) is 6.07 Å². The molecule has 2 fully saturated rings. The molecule has 0 bridgehead atoms. The SMILES string of the molecule is C[C@H]1COCCN1Cc1ccc(-c2cc(NC(N)=O)c(-c3nnc(C4CC4)o3)s2)cc1. The number of nitrogens with one attached hydrogen (secondary N) is 1. The van der Waals surface area contributed by atoms with Gasteiger partial charge in [0.1, 0.15) is 4.88 Å². The second-order valence-electron chi connectivity index (χ2n) is 8.15. The summed E-state index contributed by atoms with van der Waals surface area (Å²) >= 11 is 1.50. The average molecular weight is 440 g/mol. The molecule has 9 heteroatoms. The summed E-state index contributed by atoms with van der Waals surface area (Å²) in [4.78, 5) is 15.7. The van der Waals surface area contributed by atoms with E-state index < -0.39 is 6.03 Å². The zero-order valence-corrected chi connectivity index (χ0v) is 18.2. The molecule has 1 aliphatic heterocycles. The maximum Gasteiger partial charge on any atom is 0.316 e. The lowest BCUT2D eigenvalue weighted by Gasteiger charge is -2.33.